The zero-order valence-electron chi connectivity index (χ0n) is 4.73. The van der Waals surface area contributed by atoms with Crippen LogP contribution in [0.2, 0.25) is 0 Å². The summed E-state index contributed by atoms with van der Waals surface area (Å²) in [7, 11) is 0. The molecule has 0 radical (unpaired) electrons. The average Bonchev–Trinajstić information content (AvgIpc) is 1.66. The number of rotatable bonds is 2. The Morgan fingerprint density at radius 2 is 1.33 bits per heavy atom. The number of aliphatic hydroxyl groups is 2. The van der Waals surface area contributed by atoms with Crippen LogP contribution in [0.15, 0.2) is 0 Å². The molecule has 0 heterocycles. The summed E-state index contributed by atoms with van der Waals surface area (Å²) in [5.41, 5.74) is 0. The average molecular weight is 158 g/mol. The summed E-state index contributed by atoms with van der Waals surface area (Å²) in [4.78, 5) is 0. The lowest BCUT2D eigenvalue weighted by Gasteiger charge is -1.79. The molecule has 0 aliphatic carbocycles. The lowest BCUT2D eigenvalue weighted by Crippen LogP contribution is -1.85. The topological polar surface area (TPSA) is 98.0 Å². The lowest BCUT2D eigenvalue weighted by molar-refractivity contribution is 0.221. The first kappa shape index (κ1) is 11.7. The summed E-state index contributed by atoms with van der Waals surface area (Å²) >= 11 is -2.61. The molecular formula is C3H10O5S. The third kappa shape index (κ3) is 72.4. The van der Waals surface area contributed by atoms with Crippen molar-refractivity contribution < 1.29 is 23.5 Å². The van der Waals surface area contributed by atoms with Crippen molar-refractivity contribution in [3.05, 3.63) is 0 Å². The van der Waals surface area contributed by atoms with Gasteiger partial charge in [0.25, 0.3) is 11.4 Å². The Balaban J connectivity index is 0. The van der Waals surface area contributed by atoms with Crippen molar-refractivity contribution in [1.29, 1.82) is 0 Å². The van der Waals surface area contributed by atoms with Crippen LogP contribution in [0.5, 0.6) is 0 Å². The molecule has 0 amide bonds. The molecule has 5 nitrogen and oxygen atoms in total. The molecule has 0 bridgehead atoms. The van der Waals surface area contributed by atoms with Gasteiger partial charge in [-0.25, -0.2) is 0 Å². The normalized spacial score (nSPS) is 8.56. The van der Waals surface area contributed by atoms with Crippen LogP contribution < -0.4 is 0 Å². The van der Waals surface area contributed by atoms with Crippen LogP contribution in [0.3, 0.4) is 0 Å². The first-order valence-corrected chi connectivity index (χ1v) is 3.23. The van der Waals surface area contributed by atoms with Crippen molar-refractivity contribution in [3.63, 3.8) is 0 Å². The van der Waals surface area contributed by atoms with Gasteiger partial charge in [-0.2, -0.15) is 4.21 Å². The van der Waals surface area contributed by atoms with E-state index in [2.05, 4.69) is 0 Å². The molecule has 0 aliphatic rings. The summed E-state index contributed by atoms with van der Waals surface area (Å²) in [6.07, 6.45) is 0.500. The molecule has 0 aromatic heterocycles. The maximum absolute atomic E-state index is 8.67. The second-order valence-electron chi connectivity index (χ2n) is 1.03. The van der Waals surface area contributed by atoms with E-state index in [4.69, 9.17) is 23.5 Å². The zero-order valence-corrected chi connectivity index (χ0v) is 5.54. The fourth-order valence-electron chi connectivity index (χ4n) is 0.0707. The Labute approximate surface area is 55.4 Å². The molecule has 9 heavy (non-hydrogen) atoms. The van der Waals surface area contributed by atoms with E-state index in [-0.39, 0.29) is 13.2 Å². The molecule has 0 rings (SSSR count). The van der Waals surface area contributed by atoms with Gasteiger partial charge in [0.05, 0.1) is 0 Å². The van der Waals surface area contributed by atoms with E-state index in [0.29, 0.717) is 6.42 Å². The number of hydrogen-bond acceptors (Lipinski definition) is 3. The Morgan fingerprint density at radius 3 is 1.33 bits per heavy atom. The van der Waals surface area contributed by atoms with E-state index < -0.39 is 11.4 Å². The predicted molar refractivity (Wildman–Crippen MR) is 32.2 cm³/mol. The van der Waals surface area contributed by atoms with Gasteiger partial charge >= 0.3 is 0 Å². The maximum Gasteiger partial charge on any atom is 0.299 e. The first-order chi connectivity index (χ1) is 4.15. The quantitative estimate of drug-likeness (QED) is 0.388. The highest BCUT2D eigenvalue weighted by atomic mass is 32.2. The molecule has 0 saturated carbocycles. The smallest absolute Gasteiger partial charge is 0.299 e. The SMILES string of the molecule is O=S(O)O.OCCCO. The third-order valence-corrected chi connectivity index (χ3v) is 0.316. The van der Waals surface area contributed by atoms with Crippen molar-refractivity contribution >= 4 is 11.4 Å². The molecule has 0 aromatic carbocycles. The fourth-order valence-corrected chi connectivity index (χ4v) is 0.0707. The summed E-state index contributed by atoms with van der Waals surface area (Å²) in [5.74, 6) is 0. The number of hydrogen-bond donors (Lipinski definition) is 4. The van der Waals surface area contributed by atoms with Crippen LogP contribution in [-0.4, -0.2) is 36.7 Å². The Kier molecular flexibility index (Phi) is 14.2. The standard InChI is InChI=1S/C3H8O2.H2O3S/c4-2-1-3-5;1-4(2)3/h4-5H,1-3H2;(H2,1,2,3). The van der Waals surface area contributed by atoms with Crippen molar-refractivity contribution in [2.24, 2.45) is 0 Å². The third-order valence-electron chi connectivity index (χ3n) is 0.316. The van der Waals surface area contributed by atoms with Crippen molar-refractivity contribution in [2.75, 3.05) is 13.2 Å². The van der Waals surface area contributed by atoms with Gasteiger partial charge in [0.15, 0.2) is 0 Å². The molecule has 0 aromatic rings. The van der Waals surface area contributed by atoms with Gasteiger partial charge < -0.3 is 10.2 Å². The van der Waals surface area contributed by atoms with Crippen molar-refractivity contribution in [3.8, 4) is 0 Å². The summed E-state index contributed by atoms with van der Waals surface area (Å²) in [5, 5.41) is 15.8. The molecular weight excluding hydrogens is 148 g/mol. The van der Waals surface area contributed by atoms with E-state index >= 15 is 0 Å². The maximum atomic E-state index is 8.67. The van der Waals surface area contributed by atoms with Gasteiger partial charge in [0.2, 0.25) is 0 Å². The van der Waals surface area contributed by atoms with Crippen molar-refractivity contribution in [1.82, 2.24) is 0 Å². The molecule has 0 fully saturated rings. The molecule has 0 saturated heterocycles. The van der Waals surface area contributed by atoms with Gasteiger partial charge in [0, 0.05) is 13.2 Å². The van der Waals surface area contributed by atoms with E-state index in [0.717, 1.165) is 0 Å². The second-order valence-corrected chi connectivity index (χ2v) is 1.49. The van der Waals surface area contributed by atoms with Gasteiger partial charge in [-0.15, -0.1) is 0 Å². The van der Waals surface area contributed by atoms with E-state index in [9.17, 15) is 0 Å². The Hall–Kier alpha value is -0.0100. The fraction of sp³-hybridized carbons (Fsp3) is 1.00. The highest BCUT2D eigenvalue weighted by Gasteiger charge is 1.70. The van der Waals surface area contributed by atoms with Crippen LogP contribution in [-0.2, 0) is 11.4 Å². The molecule has 6 heteroatoms. The molecule has 0 unspecified atom stereocenters. The van der Waals surface area contributed by atoms with Crippen LogP contribution >= 0.6 is 0 Å². The molecule has 0 spiro atoms. The predicted octanol–water partition coefficient (Wildman–Crippen LogP) is -0.958. The Morgan fingerprint density at radius 1 is 1.11 bits per heavy atom. The van der Waals surface area contributed by atoms with Gasteiger partial charge in [-0.05, 0) is 6.42 Å². The summed E-state index contributed by atoms with van der Waals surface area (Å²) in [6.45, 7) is 0.188. The summed E-state index contributed by atoms with van der Waals surface area (Å²) < 4.78 is 22.8. The van der Waals surface area contributed by atoms with Crippen LogP contribution in [0.25, 0.3) is 0 Å². The minimum absolute atomic E-state index is 0.0938. The van der Waals surface area contributed by atoms with Crippen LogP contribution in [0.1, 0.15) is 6.42 Å². The Bertz CT molecular complexity index is 59.2. The molecule has 0 atom stereocenters. The van der Waals surface area contributed by atoms with Crippen molar-refractivity contribution in [2.45, 2.75) is 6.42 Å². The minimum Gasteiger partial charge on any atom is -0.396 e. The van der Waals surface area contributed by atoms with Crippen LogP contribution in [0, 0.1) is 0 Å². The van der Waals surface area contributed by atoms with E-state index in [1.807, 2.05) is 0 Å². The molecule has 0 aliphatic heterocycles. The summed E-state index contributed by atoms with van der Waals surface area (Å²) in [6, 6.07) is 0. The van der Waals surface area contributed by atoms with E-state index in [1.54, 1.807) is 0 Å². The largest absolute Gasteiger partial charge is 0.396 e. The first-order valence-electron chi connectivity index (χ1n) is 2.16. The number of aliphatic hydroxyl groups excluding tert-OH is 2. The molecule has 58 valence electrons. The highest BCUT2D eigenvalue weighted by molar-refractivity contribution is 7.73. The zero-order chi connectivity index (χ0) is 7.70. The van der Waals surface area contributed by atoms with Gasteiger partial charge in [0.1, 0.15) is 0 Å². The van der Waals surface area contributed by atoms with Crippen LogP contribution in [0.4, 0.5) is 0 Å². The lowest BCUT2D eigenvalue weighted by atomic mass is 10.5. The molecule has 4 N–H and O–H groups in total. The highest BCUT2D eigenvalue weighted by Crippen LogP contribution is 1.65. The van der Waals surface area contributed by atoms with Gasteiger partial charge in [-0.3, -0.25) is 9.11 Å². The van der Waals surface area contributed by atoms with Gasteiger partial charge in [-0.1, -0.05) is 0 Å². The monoisotopic (exact) mass is 158 g/mol. The minimum atomic E-state index is -2.61. The second kappa shape index (κ2) is 10.9. The van der Waals surface area contributed by atoms with E-state index in [1.165, 1.54) is 0 Å².